The predicted molar refractivity (Wildman–Crippen MR) is 99.1 cm³/mol. The molecule has 6 nitrogen and oxygen atoms in total. The predicted octanol–water partition coefficient (Wildman–Crippen LogP) is 2.71. The fourth-order valence-electron chi connectivity index (χ4n) is 3.75. The molecule has 1 aliphatic rings. The van der Waals surface area contributed by atoms with Gasteiger partial charge in [0.2, 0.25) is 5.91 Å². The lowest BCUT2D eigenvalue weighted by molar-refractivity contribution is -0.123. The van der Waals surface area contributed by atoms with E-state index in [4.69, 9.17) is 0 Å². The molecular formula is C18H22N4O2S. The maximum atomic E-state index is 12.7. The normalized spacial score (nSPS) is 21.0. The molecule has 1 N–H and O–H groups in total. The van der Waals surface area contributed by atoms with E-state index in [1.165, 1.54) is 16.0 Å². The van der Waals surface area contributed by atoms with Gasteiger partial charge in [0.25, 0.3) is 5.56 Å². The Morgan fingerprint density at radius 1 is 1.32 bits per heavy atom. The average molecular weight is 358 g/mol. The number of carbonyl (C=O) groups excluding carboxylic acids is 1. The smallest absolute Gasteiger partial charge is 0.291 e. The van der Waals surface area contributed by atoms with Gasteiger partial charge in [-0.2, -0.15) is 5.10 Å². The minimum atomic E-state index is -0.226. The highest BCUT2D eigenvalue weighted by atomic mass is 32.1. The average Bonchev–Trinajstić information content (AvgIpc) is 3.09. The molecule has 3 aromatic rings. The second kappa shape index (κ2) is 6.29. The molecule has 132 valence electrons. The number of fused-ring (bicyclic) bond motifs is 3. The summed E-state index contributed by atoms with van der Waals surface area (Å²) in [4.78, 5) is 26.2. The number of nitrogens with one attached hydrogen (secondary N) is 1. The molecule has 4 rings (SSSR count). The summed E-state index contributed by atoms with van der Waals surface area (Å²) in [5.74, 6) is 0.354. The van der Waals surface area contributed by atoms with E-state index in [0.29, 0.717) is 11.4 Å². The van der Waals surface area contributed by atoms with Gasteiger partial charge in [-0.05, 0) is 37.8 Å². The summed E-state index contributed by atoms with van der Waals surface area (Å²) in [6, 6.07) is 4.15. The maximum absolute atomic E-state index is 12.7. The Balaban J connectivity index is 1.57. The second-order valence-electron chi connectivity index (χ2n) is 7.04. The van der Waals surface area contributed by atoms with Crippen LogP contribution in [0, 0.1) is 12.8 Å². The van der Waals surface area contributed by atoms with Gasteiger partial charge in [-0.25, -0.2) is 4.68 Å². The quantitative estimate of drug-likeness (QED) is 0.783. The third-order valence-electron chi connectivity index (χ3n) is 5.16. The van der Waals surface area contributed by atoms with Gasteiger partial charge in [-0.15, -0.1) is 11.3 Å². The van der Waals surface area contributed by atoms with Crippen LogP contribution >= 0.6 is 11.3 Å². The highest BCUT2D eigenvalue weighted by Gasteiger charge is 2.23. The molecule has 0 aromatic carbocycles. The molecule has 3 heterocycles. The number of nitrogens with zero attached hydrogens (tertiary/aromatic N) is 3. The van der Waals surface area contributed by atoms with Gasteiger partial charge >= 0.3 is 0 Å². The van der Waals surface area contributed by atoms with Gasteiger partial charge in [-0.1, -0.05) is 19.8 Å². The van der Waals surface area contributed by atoms with Gasteiger partial charge in [-0.3, -0.25) is 14.0 Å². The van der Waals surface area contributed by atoms with Crippen molar-refractivity contribution in [1.82, 2.24) is 19.5 Å². The number of carbonyl (C=O) groups is 1. The number of aryl methyl sites for hydroxylation is 1. The zero-order chi connectivity index (χ0) is 17.6. The third-order valence-corrected chi connectivity index (χ3v) is 6.15. The molecule has 0 aliphatic heterocycles. The van der Waals surface area contributed by atoms with Crippen molar-refractivity contribution >= 4 is 33.0 Å². The Hall–Kier alpha value is -2.15. The summed E-state index contributed by atoms with van der Waals surface area (Å²) in [7, 11) is 0. The standard InChI is InChI=1S/C18H22N4O2S/c1-11-5-3-4-6-13(11)20-17(23)9-22-18(24)15-8-16-14(7-12(2)25-16)21(15)10-19-22/h7-8,10-11,13H,3-6,9H2,1-2H3,(H,20,23)/t11-,13-/m1/s1. The number of aromatic nitrogens is 3. The topological polar surface area (TPSA) is 68.4 Å². The van der Waals surface area contributed by atoms with Crippen molar-refractivity contribution in [3.63, 3.8) is 0 Å². The van der Waals surface area contributed by atoms with Crippen molar-refractivity contribution in [2.45, 2.75) is 52.1 Å². The number of hydrogen-bond donors (Lipinski definition) is 1. The van der Waals surface area contributed by atoms with Crippen molar-refractivity contribution in [3.05, 3.63) is 33.7 Å². The van der Waals surface area contributed by atoms with Gasteiger partial charge in [0.15, 0.2) is 0 Å². The summed E-state index contributed by atoms with van der Waals surface area (Å²) in [6.07, 6.45) is 6.18. The van der Waals surface area contributed by atoms with Crippen LogP contribution in [0.3, 0.4) is 0 Å². The molecule has 0 bridgehead atoms. The van der Waals surface area contributed by atoms with Crippen LogP contribution in [0.4, 0.5) is 0 Å². The summed E-state index contributed by atoms with van der Waals surface area (Å²) in [5.41, 5.74) is 1.33. The van der Waals surface area contributed by atoms with Crippen molar-refractivity contribution in [1.29, 1.82) is 0 Å². The van der Waals surface area contributed by atoms with Crippen LogP contribution in [-0.4, -0.2) is 26.1 Å². The number of thiophene rings is 1. The van der Waals surface area contributed by atoms with E-state index in [-0.39, 0.29) is 24.1 Å². The molecule has 0 unspecified atom stereocenters. The van der Waals surface area contributed by atoms with Gasteiger partial charge in [0.05, 0.1) is 10.2 Å². The minimum absolute atomic E-state index is 0.0313. The Bertz CT molecular complexity index is 1000. The van der Waals surface area contributed by atoms with Gasteiger partial charge < -0.3 is 5.32 Å². The van der Waals surface area contributed by atoms with Crippen LogP contribution in [-0.2, 0) is 11.3 Å². The lowest BCUT2D eigenvalue weighted by atomic mass is 9.86. The van der Waals surface area contributed by atoms with E-state index in [0.717, 1.165) is 29.5 Å². The van der Waals surface area contributed by atoms with Gasteiger partial charge in [0, 0.05) is 10.9 Å². The first-order valence-electron chi connectivity index (χ1n) is 8.79. The number of rotatable bonds is 3. The highest BCUT2D eigenvalue weighted by molar-refractivity contribution is 7.19. The zero-order valence-electron chi connectivity index (χ0n) is 14.5. The highest BCUT2D eigenvalue weighted by Crippen LogP contribution is 2.27. The van der Waals surface area contributed by atoms with E-state index >= 15 is 0 Å². The molecule has 0 radical (unpaired) electrons. The van der Waals surface area contributed by atoms with E-state index in [2.05, 4.69) is 23.4 Å². The van der Waals surface area contributed by atoms with E-state index in [9.17, 15) is 9.59 Å². The molecule has 25 heavy (non-hydrogen) atoms. The van der Waals surface area contributed by atoms with Crippen LogP contribution in [0.25, 0.3) is 15.7 Å². The monoisotopic (exact) mass is 358 g/mol. The fourth-order valence-corrected chi connectivity index (χ4v) is 4.70. The van der Waals surface area contributed by atoms with Crippen molar-refractivity contribution < 1.29 is 4.79 Å². The lowest BCUT2D eigenvalue weighted by Gasteiger charge is -2.29. The summed E-state index contributed by atoms with van der Waals surface area (Å²) in [6.45, 7) is 4.19. The molecule has 2 atom stereocenters. The Kier molecular flexibility index (Phi) is 4.11. The maximum Gasteiger partial charge on any atom is 0.291 e. The van der Waals surface area contributed by atoms with Crippen LogP contribution in [0.15, 0.2) is 23.3 Å². The molecule has 1 fully saturated rings. The van der Waals surface area contributed by atoms with Crippen molar-refractivity contribution in [2.75, 3.05) is 0 Å². The largest absolute Gasteiger partial charge is 0.351 e. The summed E-state index contributed by atoms with van der Waals surface area (Å²) in [5, 5.41) is 7.28. The number of amides is 1. The first-order valence-corrected chi connectivity index (χ1v) is 9.61. The SMILES string of the molecule is Cc1cc2c(cc3c(=O)n(CC(=O)N[C@@H]4CCCC[C@H]4C)ncn32)s1. The number of hydrogen-bond acceptors (Lipinski definition) is 4. The second-order valence-corrected chi connectivity index (χ2v) is 8.32. The molecule has 3 aromatic heterocycles. The Labute approximate surface area is 149 Å². The first-order chi connectivity index (χ1) is 12.0. The minimum Gasteiger partial charge on any atom is -0.351 e. The molecule has 0 spiro atoms. The van der Waals surface area contributed by atoms with Crippen LogP contribution in [0.5, 0.6) is 0 Å². The fraction of sp³-hybridized carbons (Fsp3) is 0.500. The van der Waals surface area contributed by atoms with E-state index in [1.807, 2.05) is 13.0 Å². The first kappa shape index (κ1) is 16.3. The molecule has 0 saturated heterocycles. The Morgan fingerprint density at radius 3 is 2.92 bits per heavy atom. The van der Waals surface area contributed by atoms with Crippen LogP contribution in [0.2, 0.25) is 0 Å². The van der Waals surface area contributed by atoms with E-state index in [1.54, 1.807) is 22.1 Å². The van der Waals surface area contributed by atoms with Crippen molar-refractivity contribution in [3.8, 4) is 0 Å². The van der Waals surface area contributed by atoms with Crippen molar-refractivity contribution in [2.24, 2.45) is 5.92 Å². The summed E-state index contributed by atoms with van der Waals surface area (Å²) >= 11 is 1.65. The van der Waals surface area contributed by atoms with E-state index < -0.39 is 0 Å². The van der Waals surface area contributed by atoms with Crippen LogP contribution < -0.4 is 10.9 Å². The molecule has 1 aliphatic carbocycles. The molecule has 7 heteroatoms. The Morgan fingerprint density at radius 2 is 2.12 bits per heavy atom. The molecule has 1 saturated carbocycles. The zero-order valence-corrected chi connectivity index (χ0v) is 15.3. The molecular weight excluding hydrogens is 336 g/mol. The third kappa shape index (κ3) is 2.97. The molecule has 1 amide bonds. The summed E-state index contributed by atoms with van der Waals surface area (Å²) < 4.78 is 4.13. The van der Waals surface area contributed by atoms with Gasteiger partial charge in [0.1, 0.15) is 18.4 Å². The lowest BCUT2D eigenvalue weighted by Crippen LogP contribution is -2.43. The van der Waals surface area contributed by atoms with Crippen LogP contribution in [0.1, 0.15) is 37.5 Å².